The van der Waals surface area contributed by atoms with E-state index >= 15 is 0 Å². The zero-order chi connectivity index (χ0) is 10.1. The van der Waals surface area contributed by atoms with Gasteiger partial charge in [-0.3, -0.25) is 0 Å². The molecule has 13 heavy (non-hydrogen) atoms. The summed E-state index contributed by atoms with van der Waals surface area (Å²) >= 11 is 0. The first-order valence-electron chi connectivity index (χ1n) is 5.06. The van der Waals surface area contributed by atoms with E-state index in [9.17, 15) is 0 Å². The summed E-state index contributed by atoms with van der Waals surface area (Å²) in [6, 6.07) is 0.157. The number of methoxy groups -OCH3 is 1. The minimum Gasteiger partial charge on any atom is -0.382 e. The monoisotopic (exact) mass is 189 g/mol. The topological polar surface area (TPSA) is 44.5 Å². The Morgan fingerprint density at radius 2 is 2.00 bits per heavy atom. The fourth-order valence-corrected chi connectivity index (χ4v) is 1.03. The van der Waals surface area contributed by atoms with Crippen LogP contribution in [0.2, 0.25) is 0 Å². The Morgan fingerprint density at radius 3 is 2.54 bits per heavy atom. The first-order valence-corrected chi connectivity index (χ1v) is 5.06. The van der Waals surface area contributed by atoms with Crippen molar-refractivity contribution in [2.24, 2.45) is 5.73 Å². The van der Waals surface area contributed by atoms with E-state index in [2.05, 4.69) is 13.8 Å². The predicted octanol–water partition coefficient (Wildman–Crippen LogP) is 1.56. The first kappa shape index (κ1) is 12.9. The normalized spacial score (nSPS) is 15.7. The highest BCUT2D eigenvalue weighted by atomic mass is 16.5. The summed E-state index contributed by atoms with van der Waals surface area (Å²) in [5.74, 6) is 0. The van der Waals surface area contributed by atoms with Crippen LogP contribution in [0.25, 0.3) is 0 Å². The fourth-order valence-electron chi connectivity index (χ4n) is 1.03. The molecule has 0 aromatic heterocycles. The zero-order valence-electron chi connectivity index (χ0n) is 9.08. The van der Waals surface area contributed by atoms with E-state index in [1.165, 1.54) is 0 Å². The maximum atomic E-state index is 5.84. The Balaban J connectivity index is 3.24. The molecule has 3 nitrogen and oxygen atoms in total. The van der Waals surface area contributed by atoms with E-state index in [0.717, 1.165) is 25.9 Å². The molecule has 0 aliphatic heterocycles. The summed E-state index contributed by atoms with van der Waals surface area (Å²) in [5.41, 5.74) is 5.84. The predicted molar refractivity (Wildman–Crippen MR) is 54.8 cm³/mol. The molecular weight excluding hydrogens is 166 g/mol. The van der Waals surface area contributed by atoms with Crippen LogP contribution < -0.4 is 5.73 Å². The van der Waals surface area contributed by atoms with E-state index in [0.29, 0.717) is 12.7 Å². The Bertz CT molecular complexity index is 109. The zero-order valence-corrected chi connectivity index (χ0v) is 9.08. The van der Waals surface area contributed by atoms with Crippen LogP contribution in [-0.4, -0.2) is 32.5 Å². The minimum atomic E-state index is 0.157. The number of rotatable bonds is 8. The molecule has 2 unspecified atom stereocenters. The lowest BCUT2D eigenvalue weighted by Gasteiger charge is -2.14. The third kappa shape index (κ3) is 8.22. The molecule has 2 atom stereocenters. The fraction of sp³-hybridized carbons (Fsp3) is 1.00. The van der Waals surface area contributed by atoms with Crippen LogP contribution in [-0.2, 0) is 9.47 Å². The van der Waals surface area contributed by atoms with Gasteiger partial charge in [-0.1, -0.05) is 6.92 Å². The van der Waals surface area contributed by atoms with E-state index in [1.54, 1.807) is 7.11 Å². The first-order chi connectivity index (χ1) is 6.20. The highest BCUT2D eigenvalue weighted by Gasteiger charge is 2.05. The van der Waals surface area contributed by atoms with E-state index in [-0.39, 0.29) is 6.04 Å². The maximum Gasteiger partial charge on any atom is 0.0617 e. The quantitative estimate of drug-likeness (QED) is 0.589. The van der Waals surface area contributed by atoms with Crippen molar-refractivity contribution in [3.63, 3.8) is 0 Å². The Labute approximate surface area is 81.6 Å². The van der Waals surface area contributed by atoms with Crippen LogP contribution in [0.3, 0.4) is 0 Å². The average Bonchev–Trinajstić information content (AvgIpc) is 2.14. The van der Waals surface area contributed by atoms with Crippen molar-refractivity contribution in [1.82, 2.24) is 0 Å². The van der Waals surface area contributed by atoms with Crippen LogP contribution in [0.5, 0.6) is 0 Å². The van der Waals surface area contributed by atoms with Crippen LogP contribution in [0, 0.1) is 0 Å². The second-order valence-corrected chi connectivity index (χ2v) is 3.46. The van der Waals surface area contributed by atoms with Crippen molar-refractivity contribution >= 4 is 0 Å². The lowest BCUT2D eigenvalue weighted by molar-refractivity contribution is 0.0917. The summed E-state index contributed by atoms with van der Waals surface area (Å²) < 4.78 is 10.5. The van der Waals surface area contributed by atoms with Gasteiger partial charge in [-0.05, 0) is 26.2 Å². The van der Waals surface area contributed by atoms with Gasteiger partial charge in [0.25, 0.3) is 0 Å². The minimum absolute atomic E-state index is 0.157. The molecule has 80 valence electrons. The largest absolute Gasteiger partial charge is 0.382 e. The smallest absolute Gasteiger partial charge is 0.0617 e. The molecule has 0 rings (SSSR count). The lowest BCUT2D eigenvalue weighted by Crippen LogP contribution is -2.27. The van der Waals surface area contributed by atoms with Gasteiger partial charge < -0.3 is 15.2 Å². The van der Waals surface area contributed by atoms with Crippen molar-refractivity contribution in [2.75, 3.05) is 20.3 Å². The van der Waals surface area contributed by atoms with E-state index in [4.69, 9.17) is 15.2 Å². The molecule has 0 aliphatic rings. The van der Waals surface area contributed by atoms with Gasteiger partial charge in [0.1, 0.15) is 0 Å². The van der Waals surface area contributed by atoms with Crippen molar-refractivity contribution in [3.05, 3.63) is 0 Å². The third-order valence-electron chi connectivity index (χ3n) is 2.03. The molecule has 3 heteroatoms. The van der Waals surface area contributed by atoms with Crippen LogP contribution in [0.4, 0.5) is 0 Å². The third-order valence-corrected chi connectivity index (χ3v) is 2.03. The molecule has 0 saturated carbocycles. The molecule has 0 aromatic carbocycles. The van der Waals surface area contributed by atoms with Crippen molar-refractivity contribution < 1.29 is 9.47 Å². The maximum absolute atomic E-state index is 5.84. The molecule has 0 heterocycles. The highest BCUT2D eigenvalue weighted by Crippen LogP contribution is 2.02. The molecule has 0 radical (unpaired) electrons. The van der Waals surface area contributed by atoms with Crippen molar-refractivity contribution in [1.29, 1.82) is 0 Å². The second-order valence-electron chi connectivity index (χ2n) is 3.46. The summed E-state index contributed by atoms with van der Waals surface area (Å²) in [6.07, 6.45) is 3.34. The number of nitrogens with two attached hydrogens (primary N) is 1. The van der Waals surface area contributed by atoms with Gasteiger partial charge in [0.2, 0.25) is 0 Å². The number of hydrogen-bond donors (Lipinski definition) is 1. The Hall–Kier alpha value is -0.120. The molecule has 0 aromatic rings. The average molecular weight is 189 g/mol. The summed E-state index contributed by atoms with van der Waals surface area (Å²) in [4.78, 5) is 0. The van der Waals surface area contributed by atoms with Gasteiger partial charge in [0.15, 0.2) is 0 Å². The van der Waals surface area contributed by atoms with E-state index in [1.807, 2.05) is 0 Å². The molecule has 0 spiro atoms. The molecule has 0 saturated heterocycles. The Kier molecular flexibility index (Phi) is 8.40. The summed E-state index contributed by atoms with van der Waals surface area (Å²) in [6.45, 7) is 5.63. The van der Waals surface area contributed by atoms with Gasteiger partial charge in [0, 0.05) is 19.8 Å². The SMILES string of the molecule is CCCOCC(N)CCC(C)OC. The van der Waals surface area contributed by atoms with Crippen molar-refractivity contribution in [2.45, 2.75) is 45.3 Å². The van der Waals surface area contributed by atoms with Gasteiger partial charge in [-0.2, -0.15) is 0 Å². The van der Waals surface area contributed by atoms with Gasteiger partial charge in [-0.15, -0.1) is 0 Å². The highest BCUT2D eigenvalue weighted by molar-refractivity contribution is 4.62. The van der Waals surface area contributed by atoms with E-state index < -0.39 is 0 Å². The van der Waals surface area contributed by atoms with Gasteiger partial charge in [-0.25, -0.2) is 0 Å². The summed E-state index contributed by atoms with van der Waals surface area (Å²) in [7, 11) is 1.73. The standard InChI is InChI=1S/C10H23NO2/c1-4-7-13-8-10(11)6-5-9(2)12-3/h9-10H,4-8,11H2,1-3H3. The van der Waals surface area contributed by atoms with Gasteiger partial charge >= 0.3 is 0 Å². The summed E-state index contributed by atoms with van der Waals surface area (Å²) in [5, 5.41) is 0. The molecule has 0 fully saturated rings. The van der Waals surface area contributed by atoms with Crippen LogP contribution >= 0.6 is 0 Å². The molecule has 0 bridgehead atoms. The number of ether oxygens (including phenoxy) is 2. The molecule has 0 aliphatic carbocycles. The van der Waals surface area contributed by atoms with Gasteiger partial charge in [0.05, 0.1) is 12.7 Å². The van der Waals surface area contributed by atoms with Crippen molar-refractivity contribution in [3.8, 4) is 0 Å². The van der Waals surface area contributed by atoms with Crippen LogP contribution in [0.1, 0.15) is 33.1 Å². The Morgan fingerprint density at radius 1 is 1.31 bits per heavy atom. The van der Waals surface area contributed by atoms with Crippen LogP contribution in [0.15, 0.2) is 0 Å². The molecule has 2 N–H and O–H groups in total. The lowest BCUT2D eigenvalue weighted by atomic mass is 10.1. The molecule has 0 amide bonds. The second kappa shape index (κ2) is 8.48. The number of hydrogen-bond acceptors (Lipinski definition) is 3. The molecular formula is C10H23NO2.